The maximum Gasteiger partial charge on any atom is 0.250 e. The Morgan fingerprint density at radius 2 is 2.12 bits per heavy atom. The highest BCUT2D eigenvalue weighted by Gasteiger charge is 2.28. The van der Waals surface area contributed by atoms with Crippen LogP contribution in [0.4, 0.5) is 0 Å². The Morgan fingerprint density at radius 3 is 2.83 bits per heavy atom. The van der Waals surface area contributed by atoms with E-state index in [0.717, 1.165) is 27.3 Å². The smallest absolute Gasteiger partial charge is 0.250 e. The van der Waals surface area contributed by atoms with Gasteiger partial charge in [0.15, 0.2) is 0 Å². The van der Waals surface area contributed by atoms with E-state index in [4.69, 9.17) is 4.74 Å². The van der Waals surface area contributed by atoms with Crippen molar-refractivity contribution in [2.45, 2.75) is 31.2 Å². The van der Waals surface area contributed by atoms with E-state index in [9.17, 15) is 9.00 Å². The zero-order valence-electron chi connectivity index (χ0n) is 13.8. The number of fused-ring (bicyclic) bond motifs is 1. The highest BCUT2D eigenvalue weighted by atomic mass is 32.2. The number of aromatic amines is 1. The van der Waals surface area contributed by atoms with Gasteiger partial charge >= 0.3 is 0 Å². The normalized spacial score (nSPS) is 20.2. The number of hydrogen-bond acceptors (Lipinski definition) is 3. The number of H-pyrrole nitrogens is 1. The lowest BCUT2D eigenvalue weighted by atomic mass is 10.0. The van der Waals surface area contributed by atoms with Crippen molar-refractivity contribution in [2.24, 2.45) is 5.92 Å². The second-order valence-corrected chi connectivity index (χ2v) is 8.21. The molecule has 1 aromatic carbocycles. The molecular weight excluding hydrogens is 324 g/mol. The van der Waals surface area contributed by atoms with E-state index in [-0.39, 0.29) is 5.56 Å². The number of ether oxygens (including phenoxy) is 1. The maximum atomic E-state index is 12.4. The minimum atomic E-state index is -1.14. The summed E-state index contributed by atoms with van der Waals surface area (Å²) >= 11 is 0. The Bertz CT molecular complexity index is 886. The molecule has 2 aromatic rings. The molecule has 1 N–H and O–H groups in total. The topological polar surface area (TPSA) is 62.4 Å². The molecule has 0 radical (unpaired) electrons. The standard InChI is InChI=1S/C18H20N2O3S/c1-11-5-13(8-19-18(11)21)15-7-17-14(9-20(2)24(17)22)6-16(15)23-10-12-3-4-12/h5-8,12H,3-4,9-10H2,1-2H3,(H,19,21). The number of aryl methyl sites for hydroxylation is 1. The highest BCUT2D eigenvalue weighted by Crippen LogP contribution is 2.39. The lowest BCUT2D eigenvalue weighted by Crippen LogP contribution is -2.11. The average Bonchev–Trinajstić information content (AvgIpc) is 3.35. The van der Waals surface area contributed by atoms with E-state index >= 15 is 0 Å². The van der Waals surface area contributed by atoms with E-state index in [2.05, 4.69) is 4.98 Å². The predicted octanol–water partition coefficient (Wildman–Crippen LogP) is 2.61. The van der Waals surface area contributed by atoms with Crippen molar-refractivity contribution < 1.29 is 8.95 Å². The average molecular weight is 344 g/mol. The van der Waals surface area contributed by atoms with Crippen molar-refractivity contribution in [2.75, 3.05) is 13.7 Å². The van der Waals surface area contributed by atoms with Crippen LogP contribution >= 0.6 is 0 Å². The Hall–Kier alpha value is -1.92. The fourth-order valence-electron chi connectivity index (χ4n) is 2.94. The van der Waals surface area contributed by atoms with Gasteiger partial charge in [-0.2, -0.15) is 0 Å². The summed E-state index contributed by atoms with van der Waals surface area (Å²) in [6.45, 7) is 3.16. The van der Waals surface area contributed by atoms with Crippen LogP contribution in [0.5, 0.6) is 5.75 Å². The summed E-state index contributed by atoms with van der Waals surface area (Å²) < 4.78 is 20.3. The van der Waals surface area contributed by atoms with E-state index < -0.39 is 11.0 Å². The quantitative estimate of drug-likeness (QED) is 0.927. The number of nitrogens with one attached hydrogen (secondary N) is 1. The van der Waals surface area contributed by atoms with E-state index in [0.29, 0.717) is 24.6 Å². The van der Waals surface area contributed by atoms with Crippen LogP contribution in [0, 0.1) is 12.8 Å². The fraction of sp³-hybridized carbons (Fsp3) is 0.389. The SMILES string of the molecule is Cc1cc(-c2cc3c(cc2OCC2CC2)CN(C)S3=O)c[nH]c1=O. The minimum Gasteiger partial charge on any atom is -0.493 e. The van der Waals surface area contributed by atoms with Crippen molar-refractivity contribution in [3.63, 3.8) is 0 Å². The zero-order valence-corrected chi connectivity index (χ0v) is 14.6. The second kappa shape index (κ2) is 5.86. The van der Waals surface area contributed by atoms with Crippen LogP contribution in [0.1, 0.15) is 24.0 Å². The number of pyridine rings is 1. The molecule has 2 heterocycles. The molecule has 1 atom stereocenters. The Balaban J connectivity index is 1.81. The molecular formula is C18H20N2O3S. The molecule has 0 amide bonds. The van der Waals surface area contributed by atoms with Gasteiger partial charge in [-0.15, -0.1) is 0 Å². The fourth-order valence-corrected chi connectivity index (χ4v) is 4.10. The van der Waals surface area contributed by atoms with Gasteiger partial charge in [0.05, 0.1) is 11.5 Å². The first-order valence-corrected chi connectivity index (χ1v) is 9.26. The number of aromatic nitrogens is 1. The van der Waals surface area contributed by atoms with Gasteiger partial charge in [-0.05, 0) is 49.4 Å². The molecule has 2 aliphatic rings. The number of hydrogen-bond donors (Lipinski definition) is 1. The van der Waals surface area contributed by atoms with Crippen LogP contribution < -0.4 is 10.3 Å². The van der Waals surface area contributed by atoms with Crippen molar-refractivity contribution in [1.29, 1.82) is 0 Å². The van der Waals surface area contributed by atoms with E-state index in [1.54, 1.807) is 13.1 Å². The largest absolute Gasteiger partial charge is 0.493 e. The Morgan fingerprint density at radius 1 is 1.33 bits per heavy atom. The second-order valence-electron chi connectivity index (χ2n) is 6.65. The van der Waals surface area contributed by atoms with Gasteiger partial charge in [-0.1, -0.05) is 0 Å². The predicted molar refractivity (Wildman–Crippen MR) is 93.3 cm³/mol. The van der Waals surface area contributed by atoms with Gasteiger partial charge in [-0.3, -0.25) is 4.79 Å². The molecule has 1 unspecified atom stereocenters. The molecule has 126 valence electrons. The van der Waals surface area contributed by atoms with Gasteiger partial charge in [0.1, 0.15) is 16.7 Å². The first-order chi connectivity index (χ1) is 11.5. The van der Waals surface area contributed by atoms with Crippen LogP contribution in [0.25, 0.3) is 11.1 Å². The van der Waals surface area contributed by atoms with Crippen molar-refractivity contribution in [3.8, 4) is 16.9 Å². The molecule has 6 heteroatoms. The third kappa shape index (κ3) is 2.80. The number of nitrogens with zero attached hydrogens (tertiary/aromatic N) is 1. The number of rotatable bonds is 4. The van der Waals surface area contributed by atoms with E-state index in [1.165, 1.54) is 12.8 Å². The van der Waals surface area contributed by atoms with Crippen LogP contribution in [-0.4, -0.2) is 27.2 Å². The van der Waals surface area contributed by atoms with Gasteiger partial charge in [0.25, 0.3) is 5.56 Å². The first kappa shape index (κ1) is 15.6. The summed E-state index contributed by atoms with van der Waals surface area (Å²) in [6, 6.07) is 5.81. The van der Waals surface area contributed by atoms with Crippen LogP contribution in [0.15, 0.2) is 34.1 Å². The molecule has 24 heavy (non-hydrogen) atoms. The van der Waals surface area contributed by atoms with Gasteiger partial charge in [-0.25, -0.2) is 8.51 Å². The molecule has 0 spiro atoms. The maximum absolute atomic E-state index is 12.4. The van der Waals surface area contributed by atoms with Gasteiger partial charge < -0.3 is 9.72 Å². The molecule has 1 fully saturated rings. The lowest BCUT2D eigenvalue weighted by molar-refractivity contribution is 0.300. The van der Waals surface area contributed by atoms with Crippen molar-refractivity contribution in [3.05, 3.63) is 45.9 Å². The molecule has 5 nitrogen and oxygen atoms in total. The summed E-state index contributed by atoms with van der Waals surface area (Å²) in [7, 11) is 0.713. The summed E-state index contributed by atoms with van der Waals surface area (Å²) in [4.78, 5) is 15.2. The van der Waals surface area contributed by atoms with Crippen LogP contribution in [-0.2, 0) is 17.5 Å². The molecule has 1 saturated carbocycles. The van der Waals surface area contributed by atoms with Gasteiger partial charge in [0.2, 0.25) is 0 Å². The molecule has 4 rings (SSSR count). The molecule has 1 aliphatic heterocycles. The van der Waals surface area contributed by atoms with Crippen molar-refractivity contribution >= 4 is 11.0 Å². The third-order valence-electron chi connectivity index (χ3n) is 4.60. The zero-order chi connectivity index (χ0) is 16.8. The van der Waals surface area contributed by atoms with Crippen LogP contribution in [0.2, 0.25) is 0 Å². The monoisotopic (exact) mass is 344 g/mol. The first-order valence-electron chi connectivity index (χ1n) is 8.15. The third-order valence-corrected chi connectivity index (χ3v) is 6.05. The van der Waals surface area contributed by atoms with Crippen molar-refractivity contribution in [1.82, 2.24) is 9.29 Å². The van der Waals surface area contributed by atoms with E-state index in [1.807, 2.05) is 29.6 Å². The number of benzene rings is 1. The van der Waals surface area contributed by atoms with Gasteiger partial charge in [0, 0.05) is 36.5 Å². The summed E-state index contributed by atoms with van der Waals surface area (Å²) in [5.41, 5.74) is 3.37. The minimum absolute atomic E-state index is 0.0938. The van der Waals surface area contributed by atoms with Crippen LogP contribution in [0.3, 0.4) is 0 Å². The summed E-state index contributed by atoms with van der Waals surface area (Å²) in [5.74, 6) is 1.46. The molecule has 0 saturated heterocycles. The highest BCUT2D eigenvalue weighted by molar-refractivity contribution is 7.83. The summed E-state index contributed by atoms with van der Waals surface area (Å²) in [5, 5.41) is 0. The Kier molecular flexibility index (Phi) is 3.81. The summed E-state index contributed by atoms with van der Waals surface area (Å²) in [6.07, 6.45) is 4.15. The molecule has 0 bridgehead atoms. The Labute approximate surface area is 143 Å². The molecule has 1 aromatic heterocycles. The lowest BCUT2D eigenvalue weighted by Gasteiger charge is -2.13. The molecule has 1 aliphatic carbocycles.